The zero-order valence-electron chi connectivity index (χ0n) is 23.6. The van der Waals surface area contributed by atoms with Crippen molar-refractivity contribution in [1.29, 1.82) is 0 Å². The second-order valence-corrected chi connectivity index (χ2v) is 12.5. The Morgan fingerprint density at radius 1 is 0.905 bits per heavy atom. The number of anilines is 1. The van der Waals surface area contributed by atoms with E-state index in [1.807, 2.05) is 6.92 Å². The highest BCUT2D eigenvalue weighted by Crippen LogP contribution is 2.32. The number of carbonyl (C=O) groups is 3. The average Bonchev–Trinajstić information content (AvgIpc) is 2.96. The smallest absolute Gasteiger partial charge is 0.384 e. The number of benzene rings is 2. The van der Waals surface area contributed by atoms with Crippen molar-refractivity contribution in [2.24, 2.45) is 0 Å². The molecule has 4 N–H and O–H groups in total. The van der Waals surface area contributed by atoms with Crippen LogP contribution in [0.25, 0.3) is 0 Å². The maximum atomic E-state index is 13.3. The molecule has 0 unspecified atom stereocenters. The Labute approximate surface area is 243 Å². The van der Waals surface area contributed by atoms with Gasteiger partial charge in [-0.25, -0.2) is 8.42 Å². The molecule has 0 spiro atoms. The van der Waals surface area contributed by atoms with Gasteiger partial charge in [0.25, 0.3) is 11.8 Å². The number of sulfone groups is 1. The molecule has 0 bridgehead atoms. The van der Waals surface area contributed by atoms with Crippen LogP contribution >= 0.6 is 0 Å². The Morgan fingerprint density at radius 2 is 1.55 bits per heavy atom. The van der Waals surface area contributed by atoms with Gasteiger partial charge in [0.15, 0.2) is 9.84 Å². The van der Waals surface area contributed by atoms with Crippen molar-refractivity contribution in [3.05, 3.63) is 59.2 Å². The molecule has 0 aliphatic heterocycles. The van der Waals surface area contributed by atoms with Crippen molar-refractivity contribution in [1.82, 2.24) is 16.0 Å². The number of carbonyl (C=O) groups excluding carboxylic acids is 3. The van der Waals surface area contributed by atoms with Crippen LogP contribution in [0.2, 0.25) is 0 Å². The van der Waals surface area contributed by atoms with Crippen LogP contribution in [-0.4, -0.2) is 57.1 Å². The van der Waals surface area contributed by atoms with E-state index in [4.69, 9.17) is 0 Å². The third kappa shape index (κ3) is 8.94. The monoisotopic (exact) mass is 610 g/mol. The average molecular weight is 611 g/mol. The van der Waals surface area contributed by atoms with E-state index in [0.29, 0.717) is 19.4 Å². The summed E-state index contributed by atoms with van der Waals surface area (Å²) in [5.41, 5.74) is -0.669. The highest BCUT2D eigenvalue weighted by atomic mass is 32.2. The highest BCUT2D eigenvalue weighted by Gasteiger charge is 2.32. The Hall–Kier alpha value is -3.61. The van der Waals surface area contributed by atoms with E-state index >= 15 is 0 Å². The summed E-state index contributed by atoms with van der Waals surface area (Å²) in [6.07, 6.45) is -0.206. The maximum absolute atomic E-state index is 13.3. The SMILES string of the molecule is CCCCNc1ccc(C(F)(F)F)cc1C(=O)NCC(=O)N[C@@H]1CCCC[C@@H]1NC(=O)c1ccc(S(=O)(=O)CC)cc1. The Bertz CT molecular complexity index is 1360. The van der Waals surface area contributed by atoms with Gasteiger partial charge in [0.2, 0.25) is 5.91 Å². The molecule has 0 saturated heterocycles. The summed E-state index contributed by atoms with van der Waals surface area (Å²) in [6.45, 7) is 3.50. The van der Waals surface area contributed by atoms with Gasteiger partial charge in [0, 0.05) is 29.9 Å². The third-order valence-electron chi connectivity index (χ3n) is 7.13. The number of hydrogen-bond acceptors (Lipinski definition) is 6. The summed E-state index contributed by atoms with van der Waals surface area (Å²) >= 11 is 0. The first-order valence-electron chi connectivity index (χ1n) is 14.0. The van der Waals surface area contributed by atoms with Gasteiger partial charge in [-0.15, -0.1) is 0 Å². The molecule has 3 rings (SSSR count). The molecule has 2 atom stereocenters. The van der Waals surface area contributed by atoms with Gasteiger partial charge in [-0.1, -0.05) is 33.1 Å². The first-order valence-corrected chi connectivity index (χ1v) is 15.7. The molecule has 1 aliphatic carbocycles. The molecular formula is C29H37F3N4O5S. The Kier molecular flexibility index (Phi) is 11.4. The molecule has 0 heterocycles. The molecule has 230 valence electrons. The van der Waals surface area contributed by atoms with E-state index in [1.165, 1.54) is 37.3 Å². The second-order valence-electron chi connectivity index (χ2n) is 10.2. The first kappa shape index (κ1) is 32.9. The van der Waals surface area contributed by atoms with Gasteiger partial charge in [0.05, 0.1) is 28.3 Å². The number of rotatable bonds is 12. The van der Waals surface area contributed by atoms with Crippen LogP contribution < -0.4 is 21.3 Å². The summed E-state index contributed by atoms with van der Waals surface area (Å²) in [6, 6.07) is 7.67. The summed E-state index contributed by atoms with van der Waals surface area (Å²) in [5, 5.41) is 11.1. The lowest BCUT2D eigenvalue weighted by molar-refractivity contribution is -0.137. The van der Waals surface area contributed by atoms with Gasteiger partial charge in [-0.05, 0) is 61.7 Å². The fraction of sp³-hybridized carbons (Fsp3) is 0.483. The minimum atomic E-state index is -4.63. The van der Waals surface area contributed by atoms with Crippen LogP contribution in [-0.2, 0) is 20.8 Å². The number of halogens is 3. The molecule has 1 saturated carbocycles. The number of alkyl halides is 3. The summed E-state index contributed by atoms with van der Waals surface area (Å²) in [5.74, 6) is -1.84. The summed E-state index contributed by atoms with van der Waals surface area (Å²) < 4.78 is 63.9. The Morgan fingerprint density at radius 3 is 2.14 bits per heavy atom. The lowest BCUT2D eigenvalue weighted by Gasteiger charge is -2.33. The number of amides is 3. The fourth-order valence-corrected chi connectivity index (χ4v) is 5.57. The van der Waals surface area contributed by atoms with Gasteiger partial charge >= 0.3 is 6.18 Å². The third-order valence-corrected chi connectivity index (χ3v) is 8.88. The molecule has 9 nitrogen and oxygen atoms in total. The van der Waals surface area contributed by atoms with Gasteiger partial charge in [-0.2, -0.15) is 13.2 Å². The van der Waals surface area contributed by atoms with Crippen LogP contribution in [0.5, 0.6) is 0 Å². The van der Waals surface area contributed by atoms with E-state index < -0.39 is 57.9 Å². The van der Waals surface area contributed by atoms with Gasteiger partial charge in [0.1, 0.15) is 0 Å². The molecule has 2 aromatic carbocycles. The highest BCUT2D eigenvalue weighted by molar-refractivity contribution is 7.91. The van der Waals surface area contributed by atoms with E-state index in [-0.39, 0.29) is 27.5 Å². The van der Waals surface area contributed by atoms with E-state index in [1.54, 1.807) is 0 Å². The summed E-state index contributed by atoms with van der Waals surface area (Å²) in [7, 11) is -3.40. The van der Waals surface area contributed by atoms with Crippen molar-refractivity contribution in [3.8, 4) is 0 Å². The zero-order valence-corrected chi connectivity index (χ0v) is 24.5. The molecule has 13 heteroatoms. The largest absolute Gasteiger partial charge is 0.416 e. The normalized spacial score (nSPS) is 17.3. The molecule has 3 amide bonds. The lowest BCUT2D eigenvalue weighted by Crippen LogP contribution is -2.54. The molecular weight excluding hydrogens is 573 g/mol. The fourth-order valence-electron chi connectivity index (χ4n) is 4.68. The molecule has 42 heavy (non-hydrogen) atoms. The molecule has 0 radical (unpaired) electrons. The second kappa shape index (κ2) is 14.5. The van der Waals surface area contributed by atoms with Crippen molar-refractivity contribution >= 4 is 33.2 Å². The van der Waals surface area contributed by atoms with E-state index in [0.717, 1.165) is 37.8 Å². The standard InChI is InChI=1S/C29H37F3N4O5S/c1-3-5-16-33-23-15-12-20(29(30,31)32)17-22(23)28(39)34-18-26(37)35-24-8-6-7-9-25(24)36-27(38)19-10-13-21(14-11-19)42(40,41)4-2/h10-15,17,24-25,33H,3-9,16,18H2,1-2H3,(H,34,39)(H,35,37)(H,36,38)/t24-,25+/m1/s1. The topological polar surface area (TPSA) is 133 Å². The van der Waals surface area contributed by atoms with Crippen LogP contribution in [0.4, 0.5) is 18.9 Å². The zero-order chi connectivity index (χ0) is 30.9. The van der Waals surface area contributed by atoms with E-state index in [2.05, 4.69) is 21.3 Å². The minimum Gasteiger partial charge on any atom is -0.384 e. The summed E-state index contributed by atoms with van der Waals surface area (Å²) in [4.78, 5) is 38.6. The Balaban J connectivity index is 1.62. The minimum absolute atomic E-state index is 0.0561. The molecule has 1 aliphatic rings. The molecule has 1 fully saturated rings. The van der Waals surface area contributed by atoms with Crippen molar-refractivity contribution in [2.75, 3.05) is 24.2 Å². The van der Waals surface area contributed by atoms with Crippen molar-refractivity contribution < 1.29 is 36.0 Å². The predicted octanol–water partition coefficient (Wildman–Crippen LogP) is 4.30. The number of unbranched alkanes of at least 4 members (excludes halogenated alkanes) is 1. The predicted molar refractivity (Wildman–Crippen MR) is 153 cm³/mol. The van der Waals surface area contributed by atoms with Crippen molar-refractivity contribution in [2.45, 2.75) is 75.5 Å². The van der Waals surface area contributed by atoms with Crippen LogP contribution in [0.3, 0.4) is 0 Å². The number of hydrogen-bond donors (Lipinski definition) is 4. The van der Waals surface area contributed by atoms with Crippen LogP contribution in [0.1, 0.15) is 78.7 Å². The van der Waals surface area contributed by atoms with E-state index in [9.17, 15) is 36.0 Å². The van der Waals surface area contributed by atoms with Crippen molar-refractivity contribution in [3.63, 3.8) is 0 Å². The molecule has 0 aromatic heterocycles. The molecule has 2 aromatic rings. The van der Waals surface area contributed by atoms with Crippen LogP contribution in [0, 0.1) is 0 Å². The number of nitrogens with one attached hydrogen (secondary N) is 4. The first-order chi connectivity index (χ1) is 19.9. The maximum Gasteiger partial charge on any atom is 0.416 e. The van der Waals surface area contributed by atoms with Gasteiger partial charge in [-0.3, -0.25) is 14.4 Å². The van der Waals surface area contributed by atoms with Crippen LogP contribution in [0.15, 0.2) is 47.4 Å². The van der Waals surface area contributed by atoms with Gasteiger partial charge < -0.3 is 21.3 Å². The quantitative estimate of drug-likeness (QED) is 0.265. The lowest BCUT2D eigenvalue weighted by atomic mass is 9.90.